The Morgan fingerprint density at radius 1 is 0.452 bits per heavy atom. The summed E-state index contributed by atoms with van der Waals surface area (Å²) in [5, 5.41) is 0. The van der Waals surface area contributed by atoms with Gasteiger partial charge in [-0.2, -0.15) is 0 Å². The fraction of sp³-hybridized carbons (Fsp3) is 0. The zero-order valence-corrected chi connectivity index (χ0v) is 22.0. The van der Waals surface area contributed by atoms with Gasteiger partial charge in [-0.25, -0.2) is 0 Å². The van der Waals surface area contributed by atoms with Crippen LogP contribution < -0.4 is 28.3 Å². The van der Waals surface area contributed by atoms with Crippen LogP contribution in [0.3, 0.4) is 0 Å². The Hall–Kier alpha value is -1.02. The Balaban J connectivity index is 0.000000429. The number of benzene rings is 3. The molecule has 0 amide bonds. The fourth-order valence-electron chi connectivity index (χ4n) is 1.75. The molecular formula is C18H18NdO9P3. The molecule has 0 fully saturated rings. The third-order valence-corrected chi connectivity index (χ3v) is 4.04. The van der Waals surface area contributed by atoms with Gasteiger partial charge in [-0.1, -0.05) is 54.6 Å². The second-order valence-corrected chi connectivity index (χ2v) is 7.11. The second kappa shape index (κ2) is 18.5. The topological polar surface area (TPSA) is 148 Å². The average molecular weight is 615 g/mol. The zero-order chi connectivity index (χ0) is 22.2. The van der Waals surface area contributed by atoms with Gasteiger partial charge in [-0.05, 0) is 36.4 Å². The van der Waals surface area contributed by atoms with Crippen LogP contribution in [0.15, 0.2) is 91.0 Å². The number of rotatable bonds is 6. The van der Waals surface area contributed by atoms with E-state index in [9.17, 15) is 28.4 Å². The molecule has 0 saturated carbocycles. The normalized spacial score (nSPS) is 12.1. The van der Waals surface area contributed by atoms with E-state index < -0.39 is 24.8 Å². The van der Waals surface area contributed by atoms with Crippen LogP contribution >= 0.6 is 24.8 Å². The van der Waals surface area contributed by atoms with E-state index in [2.05, 4.69) is 13.6 Å². The van der Waals surface area contributed by atoms with Crippen LogP contribution in [0.4, 0.5) is 0 Å². The van der Waals surface area contributed by atoms with E-state index in [4.69, 9.17) is 0 Å². The molecule has 0 saturated heterocycles. The number of hydrogen-bond donors (Lipinski definition) is 0. The van der Waals surface area contributed by atoms with Gasteiger partial charge in [0.2, 0.25) is 0 Å². The van der Waals surface area contributed by atoms with Crippen molar-refractivity contribution in [2.75, 3.05) is 0 Å². The summed E-state index contributed by atoms with van der Waals surface area (Å²) in [6.07, 6.45) is 0. The first kappa shape index (κ1) is 30.0. The van der Waals surface area contributed by atoms with Crippen LogP contribution in [0.2, 0.25) is 0 Å². The van der Waals surface area contributed by atoms with E-state index >= 15 is 0 Å². The van der Waals surface area contributed by atoms with Crippen molar-refractivity contribution in [2.45, 2.75) is 0 Å². The van der Waals surface area contributed by atoms with Crippen molar-refractivity contribution in [1.82, 2.24) is 0 Å². The molecular weight excluding hydrogens is 597 g/mol. The van der Waals surface area contributed by atoms with Crippen molar-refractivity contribution >= 4 is 24.8 Å². The molecule has 0 aliphatic carbocycles. The molecule has 0 N–H and O–H groups in total. The molecule has 3 aromatic carbocycles. The third-order valence-electron chi connectivity index (χ3n) is 2.83. The molecule has 31 heavy (non-hydrogen) atoms. The van der Waals surface area contributed by atoms with E-state index in [-0.39, 0.29) is 40.8 Å². The Labute approximate surface area is 214 Å². The minimum atomic E-state index is -3.09. The van der Waals surface area contributed by atoms with E-state index in [0.29, 0.717) is 17.2 Å². The van der Waals surface area contributed by atoms with Crippen molar-refractivity contribution in [3.05, 3.63) is 91.0 Å². The second-order valence-electron chi connectivity index (χ2n) is 5.00. The summed E-state index contributed by atoms with van der Waals surface area (Å²) < 4.78 is 43.3. The quantitative estimate of drug-likeness (QED) is 0.382. The molecule has 9 nitrogen and oxygen atoms in total. The summed E-state index contributed by atoms with van der Waals surface area (Å²) in [7, 11) is -9.26. The number of para-hydroxylation sites is 3. The SMILES string of the molecule is O=[PH]([O-])Oc1ccccc1.O=[PH]([O-])Oc1ccccc1.O=[PH]([O-])Oc1ccccc1.[Nd+3]. The van der Waals surface area contributed by atoms with Gasteiger partial charge in [0.25, 0.3) is 0 Å². The van der Waals surface area contributed by atoms with E-state index in [1.807, 2.05) is 0 Å². The van der Waals surface area contributed by atoms with Crippen molar-refractivity contribution in [1.29, 1.82) is 0 Å². The molecule has 0 bridgehead atoms. The van der Waals surface area contributed by atoms with Gasteiger partial charge in [-0.3, -0.25) is 13.7 Å². The van der Waals surface area contributed by atoms with Gasteiger partial charge in [0.15, 0.2) is 24.8 Å². The minimum Gasteiger partial charge on any atom is -0.771 e. The summed E-state index contributed by atoms with van der Waals surface area (Å²) in [4.78, 5) is 30.1. The van der Waals surface area contributed by atoms with Crippen molar-refractivity contribution in [3.63, 3.8) is 0 Å². The largest absolute Gasteiger partial charge is 3.00 e. The first-order valence-electron chi connectivity index (χ1n) is 8.18. The molecule has 3 aromatic rings. The predicted molar refractivity (Wildman–Crippen MR) is 108 cm³/mol. The summed E-state index contributed by atoms with van der Waals surface area (Å²) in [6, 6.07) is 25.1. The fourth-order valence-corrected chi connectivity index (χ4v) is 2.74. The monoisotopic (exact) mass is 613 g/mol. The first-order valence-corrected chi connectivity index (χ1v) is 11.9. The molecule has 0 aromatic heterocycles. The van der Waals surface area contributed by atoms with E-state index in [1.165, 1.54) is 0 Å². The van der Waals surface area contributed by atoms with Crippen LogP contribution in [-0.2, 0) is 13.7 Å². The van der Waals surface area contributed by atoms with Gasteiger partial charge >= 0.3 is 40.8 Å². The van der Waals surface area contributed by atoms with Crippen LogP contribution in [-0.4, -0.2) is 0 Å². The molecule has 13 heteroatoms. The number of hydrogen-bond acceptors (Lipinski definition) is 9. The third kappa shape index (κ3) is 17.2. The molecule has 3 atom stereocenters. The summed E-state index contributed by atoms with van der Waals surface area (Å²) in [5.41, 5.74) is 0. The maximum atomic E-state index is 10.0. The van der Waals surface area contributed by atoms with Gasteiger partial charge in [-0.15, -0.1) is 0 Å². The average Bonchev–Trinajstić information content (AvgIpc) is 2.70. The van der Waals surface area contributed by atoms with Crippen LogP contribution in [0, 0.1) is 40.8 Å². The predicted octanol–water partition coefficient (Wildman–Crippen LogP) is 2.45. The zero-order valence-electron chi connectivity index (χ0n) is 15.8. The van der Waals surface area contributed by atoms with Gasteiger partial charge in [0.05, 0.1) is 0 Å². The van der Waals surface area contributed by atoms with Crippen molar-refractivity contribution in [3.8, 4) is 17.2 Å². The van der Waals surface area contributed by atoms with Gasteiger partial charge in [0, 0.05) is 0 Å². The summed E-state index contributed by atoms with van der Waals surface area (Å²) in [6.45, 7) is 0. The smallest absolute Gasteiger partial charge is 0.771 e. The van der Waals surface area contributed by atoms with Crippen LogP contribution in [0.5, 0.6) is 17.2 Å². The van der Waals surface area contributed by atoms with Crippen molar-refractivity contribution in [2.24, 2.45) is 0 Å². The molecule has 1 radical (unpaired) electrons. The van der Waals surface area contributed by atoms with Crippen molar-refractivity contribution < 1.29 is 82.8 Å². The Kier molecular flexibility index (Phi) is 17.9. The summed E-state index contributed by atoms with van der Waals surface area (Å²) >= 11 is 0. The molecule has 0 aliphatic heterocycles. The Morgan fingerprint density at radius 3 is 0.806 bits per heavy atom. The molecule has 163 valence electrons. The van der Waals surface area contributed by atoms with Gasteiger partial charge in [0.1, 0.15) is 17.2 Å². The standard InChI is InChI=1S/3C6H7O3P.Nd/c3*7-10(8)9-6-4-2-1-3-5-6;/h3*1-5,10H,(H,7,8);/q;;;+3/p-3. The Morgan fingerprint density at radius 2 is 0.645 bits per heavy atom. The molecule has 0 aliphatic rings. The van der Waals surface area contributed by atoms with E-state index in [1.54, 1.807) is 91.0 Å². The maximum absolute atomic E-state index is 10.0. The molecule has 0 heterocycles. The molecule has 0 spiro atoms. The first-order chi connectivity index (χ1) is 14.4. The molecule has 3 unspecified atom stereocenters. The van der Waals surface area contributed by atoms with Crippen LogP contribution in [0.1, 0.15) is 0 Å². The minimum absolute atomic E-state index is 0. The van der Waals surface area contributed by atoms with Gasteiger partial charge < -0.3 is 28.3 Å². The maximum Gasteiger partial charge on any atom is 3.00 e. The Bertz CT molecular complexity index is 794. The van der Waals surface area contributed by atoms with Crippen LogP contribution in [0.25, 0.3) is 0 Å². The summed E-state index contributed by atoms with van der Waals surface area (Å²) in [5.74, 6) is 1.09. The van der Waals surface area contributed by atoms with E-state index in [0.717, 1.165) is 0 Å². The molecule has 3 rings (SSSR count).